The number of rotatable bonds is 9. The van der Waals surface area contributed by atoms with Gasteiger partial charge < -0.3 is 10.1 Å². The van der Waals surface area contributed by atoms with E-state index in [-0.39, 0.29) is 14.8 Å². The molecule has 2 aromatic rings. The van der Waals surface area contributed by atoms with Crippen molar-refractivity contribution in [2.24, 2.45) is 0 Å². The molecule has 0 unspecified atom stereocenters. The van der Waals surface area contributed by atoms with Crippen LogP contribution in [0.3, 0.4) is 0 Å². The number of carbonyl (C=O) groups excluding carboxylic acids is 2. The van der Waals surface area contributed by atoms with E-state index in [1.807, 2.05) is 0 Å². The third kappa shape index (κ3) is 6.33. The van der Waals surface area contributed by atoms with Gasteiger partial charge >= 0.3 is 5.97 Å². The average Bonchev–Trinajstić information content (AvgIpc) is 3.20. The molecule has 0 bridgehead atoms. The predicted octanol–water partition coefficient (Wildman–Crippen LogP) is 0.459. The number of carbonyl (C=O) groups is 2. The molecular formula is C16H19N3O7S3. The highest BCUT2D eigenvalue weighted by molar-refractivity contribution is 7.91. The number of esters is 1. The molecule has 10 nitrogen and oxygen atoms in total. The lowest BCUT2D eigenvalue weighted by molar-refractivity contribution is -0.146. The fraction of sp³-hybridized carbons (Fsp3) is 0.250. The van der Waals surface area contributed by atoms with Crippen LogP contribution in [-0.2, 0) is 34.4 Å². The Morgan fingerprint density at radius 2 is 1.83 bits per heavy atom. The molecule has 1 aromatic carbocycles. The molecule has 0 saturated carbocycles. The van der Waals surface area contributed by atoms with Crippen molar-refractivity contribution in [3.05, 3.63) is 41.8 Å². The number of benzene rings is 1. The smallest absolute Gasteiger partial charge is 0.321 e. The van der Waals surface area contributed by atoms with E-state index in [1.54, 1.807) is 11.4 Å². The Bertz CT molecular complexity index is 1080. The molecule has 0 spiro atoms. The topological polar surface area (TPSA) is 139 Å². The maximum Gasteiger partial charge on any atom is 0.321 e. The summed E-state index contributed by atoms with van der Waals surface area (Å²) in [5, 5.41) is 3.99. The van der Waals surface area contributed by atoms with Crippen LogP contribution < -0.4 is 10.0 Å². The predicted molar refractivity (Wildman–Crippen MR) is 106 cm³/mol. The van der Waals surface area contributed by atoms with Gasteiger partial charge in [0, 0.05) is 19.8 Å². The molecule has 13 heteroatoms. The van der Waals surface area contributed by atoms with E-state index in [0.29, 0.717) is 0 Å². The maximum absolute atomic E-state index is 12.1. The third-order valence-electron chi connectivity index (χ3n) is 3.43. The van der Waals surface area contributed by atoms with Crippen LogP contribution in [0.25, 0.3) is 0 Å². The zero-order chi connectivity index (χ0) is 21.7. The van der Waals surface area contributed by atoms with Crippen LogP contribution in [0, 0.1) is 0 Å². The monoisotopic (exact) mass is 461 g/mol. The number of amides is 1. The molecule has 1 aromatic heterocycles. The van der Waals surface area contributed by atoms with Gasteiger partial charge in [-0.05, 0) is 29.6 Å². The number of nitrogens with one attached hydrogen (secondary N) is 2. The third-order valence-corrected chi connectivity index (χ3v) is 8.04. The van der Waals surface area contributed by atoms with Gasteiger partial charge in [-0.15, -0.1) is 11.3 Å². The second kappa shape index (κ2) is 9.45. The van der Waals surface area contributed by atoms with E-state index in [9.17, 15) is 26.4 Å². The normalized spacial score (nSPS) is 12.0. The molecule has 1 heterocycles. The van der Waals surface area contributed by atoms with Crippen LogP contribution in [0.5, 0.6) is 0 Å². The molecular weight excluding hydrogens is 442 g/mol. The number of thiophene rings is 1. The molecule has 2 rings (SSSR count). The fourth-order valence-electron chi connectivity index (χ4n) is 1.98. The fourth-order valence-corrected chi connectivity index (χ4v) is 4.94. The maximum atomic E-state index is 12.1. The first-order chi connectivity index (χ1) is 13.5. The number of hydrogen-bond donors (Lipinski definition) is 2. The standard InChI is InChI=1S/C16H19N3O7S3/c1-19(2)29(24,25)13-6-3-5-12(9-13)18-14(20)11-26-15(21)10-17-28(22,23)16-7-4-8-27-16/h3-9,17H,10-11H2,1-2H3,(H,18,20). The van der Waals surface area contributed by atoms with Gasteiger partial charge in [-0.2, -0.15) is 4.72 Å². The summed E-state index contributed by atoms with van der Waals surface area (Å²) in [6, 6.07) is 8.52. The van der Waals surface area contributed by atoms with Crippen LogP contribution in [-0.4, -0.2) is 60.3 Å². The van der Waals surface area contributed by atoms with Gasteiger partial charge in [0.05, 0.1) is 4.90 Å². The molecule has 0 atom stereocenters. The van der Waals surface area contributed by atoms with Crippen molar-refractivity contribution in [2.75, 3.05) is 32.6 Å². The van der Waals surface area contributed by atoms with Gasteiger partial charge in [-0.1, -0.05) is 12.1 Å². The van der Waals surface area contributed by atoms with Crippen LogP contribution in [0.15, 0.2) is 50.9 Å². The van der Waals surface area contributed by atoms with Crippen molar-refractivity contribution in [3.8, 4) is 0 Å². The molecule has 2 N–H and O–H groups in total. The van der Waals surface area contributed by atoms with Crippen LogP contribution >= 0.6 is 11.3 Å². The Morgan fingerprint density at radius 3 is 2.45 bits per heavy atom. The molecule has 1 amide bonds. The Labute approximate surface area is 172 Å². The molecule has 29 heavy (non-hydrogen) atoms. The lowest BCUT2D eigenvalue weighted by Gasteiger charge is -2.12. The number of ether oxygens (including phenoxy) is 1. The van der Waals surface area contributed by atoms with E-state index in [0.717, 1.165) is 15.6 Å². The summed E-state index contributed by atoms with van der Waals surface area (Å²) < 4.78 is 55.9. The quantitative estimate of drug-likeness (QED) is 0.517. The SMILES string of the molecule is CN(C)S(=O)(=O)c1cccc(NC(=O)COC(=O)CNS(=O)(=O)c2cccs2)c1. The summed E-state index contributed by atoms with van der Waals surface area (Å²) >= 11 is 0.993. The molecule has 158 valence electrons. The minimum absolute atomic E-state index is 0.0136. The Morgan fingerprint density at radius 1 is 1.10 bits per heavy atom. The highest BCUT2D eigenvalue weighted by Gasteiger charge is 2.19. The van der Waals surface area contributed by atoms with Gasteiger partial charge in [0.15, 0.2) is 6.61 Å². The van der Waals surface area contributed by atoms with Gasteiger partial charge in [0.1, 0.15) is 10.8 Å². The van der Waals surface area contributed by atoms with E-state index in [4.69, 9.17) is 4.74 Å². The highest BCUT2D eigenvalue weighted by Crippen LogP contribution is 2.18. The molecule has 0 radical (unpaired) electrons. The summed E-state index contributed by atoms with van der Waals surface area (Å²) in [6.07, 6.45) is 0. The van der Waals surface area contributed by atoms with Crippen molar-refractivity contribution in [2.45, 2.75) is 9.10 Å². The summed E-state index contributed by atoms with van der Waals surface area (Å²) in [4.78, 5) is 23.6. The average molecular weight is 462 g/mol. The van der Waals surface area contributed by atoms with Crippen LogP contribution in [0.2, 0.25) is 0 Å². The van der Waals surface area contributed by atoms with E-state index >= 15 is 0 Å². The molecule has 0 saturated heterocycles. The number of nitrogens with zero attached hydrogens (tertiary/aromatic N) is 1. The minimum Gasteiger partial charge on any atom is -0.455 e. The first-order valence-electron chi connectivity index (χ1n) is 8.03. The van der Waals surface area contributed by atoms with Crippen molar-refractivity contribution < 1.29 is 31.2 Å². The highest BCUT2D eigenvalue weighted by atomic mass is 32.2. The van der Waals surface area contributed by atoms with Gasteiger partial charge in [-0.25, -0.2) is 21.1 Å². The van der Waals surface area contributed by atoms with Crippen LogP contribution in [0.1, 0.15) is 0 Å². The Balaban J connectivity index is 1.86. The van der Waals surface area contributed by atoms with Crippen molar-refractivity contribution in [1.29, 1.82) is 0 Å². The lowest BCUT2D eigenvalue weighted by atomic mass is 10.3. The number of anilines is 1. The summed E-state index contributed by atoms with van der Waals surface area (Å²) in [7, 11) is -4.72. The second-order valence-electron chi connectivity index (χ2n) is 5.78. The Kier molecular flexibility index (Phi) is 7.48. The van der Waals surface area contributed by atoms with Gasteiger partial charge in [-0.3, -0.25) is 9.59 Å². The van der Waals surface area contributed by atoms with Gasteiger partial charge in [0.25, 0.3) is 15.9 Å². The molecule has 0 aliphatic carbocycles. The Hall–Kier alpha value is -2.32. The first-order valence-corrected chi connectivity index (χ1v) is 11.8. The van der Waals surface area contributed by atoms with E-state index < -0.39 is 45.1 Å². The number of hydrogen-bond acceptors (Lipinski definition) is 8. The summed E-state index contributed by atoms with van der Waals surface area (Å²) in [6.45, 7) is -1.30. The number of sulfonamides is 2. The van der Waals surface area contributed by atoms with Crippen molar-refractivity contribution in [3.63, 3.8) is 0 Å². The van der Waals surface area contributed by atoms with Gasteiger partial charge in [0.2, 0.25) is 10.0 Å². The molecule has 0 fully saturated rings. The first kappa shape index (κ1) is 23.0. The zero-order valence-electron chi connectivity index (χ0n) is 15.5. The molecule has 0 aliphatic rings. The lowest BCUT2D eigenvalue weighted by Crippen LogP contribution is -2.32. The van der Waals surface area contributed by atoms with Crippen molar-refractivity contribution in [1.82, 2.24) is 9.03 Å². The van der Waals surface area contributed by atoms with E-state index in [1.165, 1.54) is 44.4 Å². The minimum atomic E-state index is -3.82. The van der Waals surface area contributed by atoms with E-state index in [2.05, 4.69) is 10.0 Å². The molecule has 0 aliphatic heterocycles. The summed E-state index contributed by atoms with van der Waals surface area (Å²) in [5.41, 5.74) is 0.201. The second-order valence-corrected chi connectivity index (χ2v) is 10.9. The van der Waals surface area contributed by atoms with Crippen LogP contribution in [0.4, 0.5) is 5.69 Å². The largest absolute Gasteiger partial charge is 0.455 e. The zero-order valence-corrected chi connectivity index (χ0v) is 17.9. The summed E-state index contributed by atoms with van der Waals surface area (Å²) in [5.74, 6) is -1.65. The van der Waals surface area contributed by atoms with Crippen molar-refractivity contribution >= 4 is 48.9 Å².